The summed E-state index contributed by atoms with van der Waals surface area (Å²) in [6.45, 7) is 0. The molecule has 0 aliphatic heterocycles. The second-order valence-electron chi connectivity index (χ2n) is 7.25. The zero-order valence-corrected chi connectivity index (χ0v) is 17.8. The summed E-state index contributed by atoms with van der Waals surface area (Å²) in [7, 11) is 0. The number of rotatable bonds is 4. The number of hydrogen-bond acceptors (Lipinski definition) is 2. The van der Waals surface area contributed by atoms with Crippen molar-refractivity contribution in [2.75, 3.05) is 5.32 Å². The molecule has 0 amide bonds. The third-order valence-electron chi connectivity index (χ3n) is 4.90. The molecule has 168 valence electrons. The van der Waals surface area contributed by atoms with Gasteiger partial charge in [-0.1, -0.05) is 31.0 Å². The Morgan fingerprint density at radius 1 is 0.871 bits per heavy atom. The molecule has 10 heteroatoms. The Balaban J connectivity index is 1.73. The van der Waals surface area contributed by atoms with Crippen LogP contribution in [0.1, 0.15) is 36.8 Å². The van der Waals surface area contributed by atoms with E-state index in [0.29, 0.717) is 12.1 Å². The Bertz CT molecular complexity index is 867. The standard InChI is InChI=1S/C21H20F6N2S2/c22-20(23,24)13-10-14(21(25,26)27)12-15(11-13)28-19(30)29-17-8-4-5-9-18(17)31-16-6-2-1-3-7-16/h1-3,6-7,10-12,17-18H,4-5,8-9H2,(H2,28,29,30)/t17-,18-/m0/s1. The van der Waals surface area contributed by atoms with Gasteiger partial charge in [0.15, 0.2) is 5.11 Å². The number of thiocarbonyl (C=S) groups is 1. The molecule has 1 aliphatic rings. The maximum absolute atomic E-state index is 13.1. The minimum atomic E-state index is -4.91. The normalized spacial score (nSPS) is 19.7. The monoisotopic (exact) mass is 478 g/mol. The lowest BCUT2D eigenvalue weighted by Gasteiger charge is -2.32. The van der Waals surface area contributed by atoms with Gasteiger partial charge in [0.1, 0.15) is 0 Å². The first-order valence-electron chi connectivity index (χ1n) is 9.61. The van der Waals surface area contributed by atoms with Crippen LogP contribution in [0.4, 0.5) is 32.0 Å². The maximum Gasteiger partial charge on any atom is 0.416 e. The van der Waals surface area contributed by atoms with Crippen molar-refractivity contribution < 1.29 is 26.3 Å². The highest BCUT2D eigenvalue weighted by Gasteiger charge is 2.37. The van der Waals surface area contributed by atoms with Gasteiger partial charge in [0.05, 0.1) is 11.1 Å². The van der Waals surface area contributed by atoms with Crippen molar-refractivity contribution in [1.82, 2.24) is 5.32 Å². The van der Waals surface area contributed by atoms with Gasteiger partial charge in [0.2, 0.25) is 0 Å². The minimum Gasteiger partial charge on any atom is -0.359 e. The van der Waals surface area contributed by atoms with Crippen molar-refractivity contribution in [3.8, 4) is 0 Å². The van der Waals surface area contributed by atoms with Gasteiger partial charge in [-0.2, -0.15) is 26.3 Å². The van der Waals surface area contributed by atoms with Crippen molar-refractivity contribution in [3.63, 3.8) is 0 Å². The molecule has 2 nitrogen and oxygen atoms in total. The van der Waals surface area contributed by atoms with Crippen LogP contribution in [-0.2, 0) is 12.4 Å². The Labute approximate surface area is 185 Å². The first-order valence-corrected chi connectivity index (χ1v) is 10.9. The molecular weight excluding hydrogens is 458 g/mol. The summed E-state index contributed by atoms with van der Waals surface area (Å²) in [5, 5.41) is 5.78. The fourth-order valence-electron chi connectivity index (χ4n) is 3.44. The highest BCUT2D eigenvalue weighted by molar-refractivity contribution is 8.00. The quantitative estimate of drug-likeness (QED) is 0.361. The lowest BCUT2D eigenvalue weighted by molar-refractivity contribution is -0.143. The Morgan fingerprint density at radius 3 is 2.03 bits per heavy atom. The summed E-state index contributed by atoms with van der Waals surface area (Å²) >= 11 is 6.90. The average molecular weight is 479 g/mol. The summed E-state index contributed by atoms with van der Waals surface area (Å²) in [6, 6.07) is 11.1. The summed E-state index contributed by atoms with van der Waals surface area (Å²) in [5.41, 5.74) is -3.13. The molecule has 0 heterocycles. The van der Waals surface area contributed by atoms with Gasteiger partial charge >= 0.3 is 12.4 Å². The number of hydrogen-bond donors (Lipinski definition) is 2. The number of halogens is 6. The fraction of sp³-hybridized carbons (Fsp3) is 0.381. The molecule has 0 radical (unpaired) electrons. The van der Waals surface area contributed by atoms with Crippen LogP contribution < -0.4 is 10.6 Å². The minimum absolute atomic E-state index is 0.00184. The van der Waals surface area contributed by atoms with E-state index in [9.17, 15) is 26.3 Å². The van der Waals surface area contributed by atoms with E-state index in [-0.39, 0.29) is 28.2 Å². The fourth-order valence-corrected chi connectivity index (χ4v) is 5.03. The maximum atomic E-state index is 13.1. The second-order valence-corrected chi connectivity index (χ2v) is 8.97. The van der Waals surface area contributed by atoms with Crippen LogP contribution >= 0.6 is 24.0 Å². The van der Waals surface area contributed by atoms with Gasteiger partial charge in [-0.3, -0.25) is 0 Å². The van der Waals surface area contributed by atoms with Gasteiger partial charge in [-0.25, -0.2) is 0 Å². The molecule has 0 aromatic heterocycles. The van der Waals surface area contributed by atoms with Crippen LogP contribution in [0.15, 0.2) is 53.4 Å². The van der Waals surface area contributed by atoms with Crippen LogP contribution in [0.25, 0.3) is 0 Å². The molecule has 1 saturated carbocycles. The largest absolute Gasteiger partial charge is 0.416 e. The third kappa shape index (κ3) is 6.77. The smallest absolute Gasteiger partial charge is 0.359 e. The third-order valence-corrected chi connectivity index (χ3v) is 6.53. The Morgan fingerprint density at radius 2 is 1.45 bits per heavy atom. The highest BCUT2D eigenvalue weighted by Crippen LogP contribution is 2.38. The molecule has 0 saturated heterocycles. The molecule has 2 aromatic rings. The van der Waals surface area contributed by atoms with Crippen LogP contribution in [0.2, 0.25) is 0 Å². The van der Waals surface area contributed by atoms with E-state index < -0.39 is 23.5 Å². The SMILES string of the molecule is FC(F)(F)c1cc(NC(=S)N[C@H]2CCCC[C@@H]2Sc2ccccc2)cc(C(F)(F)F)c1. The lowest BCUT2D eigenvalue weighted by atomic mass is 9.95. The van der Waals surface area contributed by atoms with Gasteiger partial charge in [0, 0.05) is 21.9 Å². The van der Waals surface area contributed by atoms with E-state index >= 15 is 0 Å². The average Bonchev–Trinajstić information content (AvgIpc) is 2.68. The van der Waals surface area contributed by atoms with E-state index in [2.05, 4.69) is 10.6 Å². The van der Waals surface area contributed by atoms with E-state index in [1.54, 1.807) is 11.8 Å². The van der Waals surface area contributed by atoms with Crippen molar-refractivity contribution in [1.29, 1.82) is 0 Å². The molecule has 0 spiro atoms. The molecule has 1 aliphatic carbocycles. The molecule has 1 fully saturated rings. The topological polar surface area (TPSA) is 24.1 Å². The summed E-state index contributed by atoms with van der Waals surface area (Å²) in [5.74, 6) is 0. The van der Waals surface area contributed by atoms with Gasteiger partial charge in [0.25, 0.3) is 0 Å². The van der Waals surface area contributed by atoms with Crippen LogP contribution in [0.3, 0.4) is 0 Å². The number of anilines is 1. The number of alkyl halides is 6. The molecule has 2 aromatic carbocycles. The first-order chi connectivity index (χ1) is 14.5. The summed E-state index contributed by atoms with van der Waals surface area (Å²) in [6.07, 6.45) is -6.06. The lowest BCUT2D eigenvalue weighted by Crippen LogP contribution is -2.45. The van der Waals surface area contributed by atoms with Gasteiger partial charge < -0.3 is 10.6 Å². The van der Waals surface area contributed by atoms with Crippen molar-refractivity contribution in [2.45, 2.75) is 54.2 Å². The summed E-state index contributed by atoms with van der Waals surface area (Å²) in [4.78, 5) is 1.09. The van der Waals surface area contributed by atoms with Crippen LogP contribution in [0.5, 0.6) is 0 Å². The second kappa shape index (κ2) is 9.68. The molecule has 0 unspecified atom stereocenters. The molecule has 3 rings (SSSR count). The summed E-state index contributed by atoms with van der Waals surface area (Å²) < 4.78 is 78.3. The predicted molar refractivity (Wildman–Crippen MR) is 114 cm³/mol. The van der Waals surface area contributed by atoms with E-state index in [1.807, 2.05) is 30.3 Å². The van der Waals surface area contributed by atoms with Crippen LogP contribution in [0, 0.1) is 0 Å². The molecule has 2 atom stereocenters. The number of nitrogens with one attached hydrogen (secondary N) is 2. The number of benzene rings is 2. The number of thioether (sulfide) groups is 1. The molecule has 31 heavy (non-hydrogen) atoms. The molecule has 0 bridgehead atoms. The highest BCUT2D eigenvalue weighted by atomic mass is 32.2. The van der Waals surface area contributed by atoms with Crippen molar-refractivity contribution >= 4 is 34.8 Å². The van der Waals surface area contributed by atoms with Gasteiger partial charge in [-0.05, 0) is 55.4 Å². The zero-order chi connectivity index (χ0) is 22.6. The van der Waals surface area contributed by atoms with Crippen LogP contribution in [-0.4, -0.2) is 16.4 Å². The Hall–Kier alpha value is -1.94. The first kappa shape index (κ1) is 23.7. The van der Waals surface area contributed by atoms with E-state index in [0.717, 1.165) is 30.6 Å². The zero-order valence-electron chi connectivity index (χ0n) is 16.2. The van der Waals surface area contributed by atoms with Crippen molar-refractivity contribution in [3.05, 3.63) is 59.7 Å². The van der Waals surface area contributed by atoms with E-state index in [1.165, 1.54) is 0 Å². The van der Waals surface area contributed by atoms with Gasteiger partial charge in [-0.15, -0.1) is 11.8 Å². The Kier molecular flexibility index (Phi) is 7.41. The molecular formula is C21H20F6N2S2. The molecule has 2 N–H and O–H groups in total. The predicted octanol–water partition coefficient (Wildman–Crippen LogP) is 7.11. The van der Waals surface area contributed by atoms with Crippen molar-refractivity contribution in [2.24, 2.45) is 0 Å². The van der Waals surface area contributed by atoms with E-state index in [4.69, 9.17) is 12.2 Å².